The van der Waals surface area contributed by atoms with E-state index in [0.29, 0.717) is 19.4 Å². The summed E-state index contributed by atoms with van der Waals surface area (Å²) in [6.45, 7) is 3.19. The van der Waals surface area contributed by atoms with Crippen molar-refractivity contribution < 1.29 is 18.4 Å². The first-order chi connectivity index (χ1) is 8.56. The zero-order valence-corrected chi connectivity index (χ0v) is 10.6. The summed E-state index contributed by atoms with van der Waals surface area (Å²) in [5.41, 5.74) is 0. The number of alkyl halides is 2. The van der Waals surface area contributed by atoms with Gasteiger partial charge in [0.1, 0.15) is 0 Å². The van der Waals surface area contributed by atoms with Crippen molar-refractivity contribution in [3.63, 3.8) is 0 Å². The Labute approximate surface area is 106 Å². The molecule has 1 fully saturated rings. The number of piperidine rings is 1. The van der Waals surface area contributed by atoms with E-state index in [9.17, 15) is 18.4 Å². The molecule has 1 aliphatic heterocycles. The molecule has 2 amide bonds. The molecule has 0 unspecified atom stereocenters. The maximum atomic E-state index is 12.2. The average molecular weight is 262 g/mol. The Bertz CT molecular complexity index is 290. The number of amides is 2. The zero-order chi connectivity index (χ0) is 13.5. The van der Waals surface area contributed by atoms with Crippen molar-refractivity contribution in [2.75, 3.05) is 19.6 Å². The zero-order valence-electron chi connectivity index (χ0n) is 10.6. The first-order valence-corrected chi connectivity index (χ1v) is 6.41. The molecule has 0 radical (unpaired) electrons. The standard InChI is InChI=1S/C12H20F2N2O2/c1-2-3-6-15-11(17)9-4-7-16(8-5-9)12(18)10(13)14/h9-10H,2-8H2,1H3,(H,15,17). The molecule has 1 N–H and O–H groups in total. The van der Waals surface area contributed by atoms with Crippen LogP contribution in [0.4, 0.5) is 8.78 Å². The largest absolute Gasteiger partial charge is 0.356 e. The number of carbonyl (C=O) groups excluding carboxylic acids is 2. The van der Waals surface area contributed by atoms with Gasteiger partial charge < -0.3 is 10.2 Å². The summed E-state index contributed by atoms with van der Waals surface area (Å²) < 4.78 is 24.4. The van der Waals surface area contributed by atoms with Gasteiger partial charge in [-0.3, -0.25) is 9.59 Å². The van der Waals surface area contributed by atoms with Gasteiger partial charge in [0.2, 0.25) is 5.91 Å². The molecule has 0 aromatic rings. The number of carbonyl (C=O) groups is 2. The molecule has 6 heteroatoms. The SMILES string of the molecule is CCCCNC(=O)C1CCN(C(=O)C(F)F)CC1. The van der Waals surface area contributed by atoms with Crippen molar-refractivity contribution in [3.05, 3.63) is 0 Å². The Morgan fingerprint density at radius 1 is 1.33 bits per heavy atom. The van der Waals surface area contributed by atoms with Crippen LogP contribution in [-0.4, -0.2) is 42.8 Å². The summed E-state index contributed by atoms with van der Waals surface area (Å²) in [5.74, 6) is -1.30. The molecule has 1 heterocycles. The van der Waals surface area contributed by atoms with E-state index in [-0.39, 0.29) is 24.9 Å². The van der Waals surface area contributed by atoms with Gasteiger partial charge in [-0.25, -0.2) is 0 Å². The minimum atomic E-state index is -2.94. The van der Waals surface area contributed by atoms with Crippen molar-refractivity contribution in [2.45, 2.75) is 39.0 Å². The second-order valence-corrected chi connectivity index (χ2v) is 4.54. The number of rotatable bonds is 5. The van der Waals surface area contributed by atoms with Crippen molar-refractivity contribution in [1.82, 2.24) is 10.2 Å². The third-order valence-corrected chi connectivity index (χ3v) is 3.19. The number of nitrogens with zero attached hydrogens (tertiary/aromatic N) is 1. The van der Waals surface area contributed by atoms with Crippen molar-refractivity contribution in [3.8, 4) is 0 Å². The fourth-order valence-electron chi connectivity index (χ4n) is 2.03. The van der Waals surface area contributed by atoms with E-state index in [1.165, 1.54) is 0 Å². The minimum absolute atomic E-state index is 0.0207. The van der Waals surface area contributed by atoms with Crippen molar-refractivity contribution in [1.29, 1.82) is 0 Å². The summed E-state index contributed by atoms with van der Waals surface area (Å²) in [7, 11) is 0. The molecular weight excluding hydrogens is 242 g/mol. The van der Waals surface area contributed by atoms with Gasteiger partial charge in [0.15, 0.2) is 0 Å². The van der Waals surface area contributed by atoms with Gasteiger partial charge in [0.05, 0.1) is 0 Å². The fraction of sp³-hybridized carbons (Fsp3) is 0.833. The van der Waals surface area contributed by atoms with E-state index >= 15 is 0 Å². The Morgan fingerprint density at radius 2 is 1.94 bits per heavy atom. The van der Waals surface area contributed by atoms with Crippen molar-refractivity contribution in [2.24, 2.45) is 5.92 Å². The highest BCUT2D eigenvalue weighted by Crippen LogP contribution is 2.18. The van der Waals surface area contributed by atoms with E-state index in [4.69, 9.17) is 0 Å². The van der Waals surface area contributed by atoms with Gasteiger partial charge in [-0.15, -0.1) is 0 Å². The lowest BCUT2D eigenvalue weighted by atomic mass is 9.96. The molecule has 0 aromatic carbocycles. The Kier molecular flexibility index (Phi) is 6.01. The molecule has 0 aliphatic carbocycles. The molecule has 0 bridgehead atoms. The fourth-order valence-corrected chi connectivity index (χ4v) is 2.03. The van der Waals surface area contributed by atoms with Crippen LogP contribution in [0.25, 0.3) is 0 Å². The van der Waals surface area contributed by atoms with Crippen LogP contribution in [-0.2, 0) is 9.59 Å². The molecule has 0 aromatic heterocycles. The van der Waals surface area contributed by atoms with Crippen LogP contribution in [0.1, 0.15) is 32.6 Å². The van der Waals surface area contributed by atoms with Crippen LogP contribution in [0.5, 0.6) is 0 Å². The molecular formula is C12H20F2N2O2. The number of hydrogen-bond acceptors (Lipinski definition) is 2. The predicted octanol–water partition coefficient (Wildman–Crippen LogP) is 1.41. The smallest absolute Gasteiger partial charge is 0.315 e. The summed E-state index contributed by atoms with van der Waals surface area (Å²) >= 11 is 0. The maximum Gasteiger partial charge on any atom is 0.315 e. The van der Waals surface area contributed by atoms with E-state index in [2.05, 4.69) is 5.32 Å². The summed E-state index contributed by atoms with van der Waals surface area (Å²) in [6.07, 6.45) is -0.0527. The third kappa shape index (κ3) is 4.23. The molecule has 0 saturated carbocycles. The minimum Gasteiger partial charge on any atom is -0.356 e. The van der Waals surface area contributed by atoms with Crippen LogP contribution in [0.2, 0.25) is 0 Å². The highest BCUT2D eigenvalue weighted by Gasteiger charge is 2.30. The first kappa shape index (κ1) is 14.9. The first-order valence-electron chi connectivity index (χ1n) is 6.41. The second kappa shape index (κ2) is 7.28. The molecule has 1 rings (SSSR count). The van der Waals surface area contributed by atoms with Gasteiger partial charge in [0.25, 0.3) is 5.91 Å². The number of likely N-dealkylation sites (tertiary alicyclic amines) is 1. The molecule has 0 spiro atoms. The molecule has 1 aliphatic rings. The van der Waals surface area contributed by atoms with Crippen LogP contribution in [0.3, 0.4) is 0 Å². The van der Waals surface area contributed by atoms with Gasteiger partial charge in [-0.2, -0.15) is 8.78 Å². The molecule has 1 saturated heterocycles. The van der Waals surface area contributed by atoms with Gasteiger partial charge in [0, 0.05) is 25.6 Å². The summed E-state index contributed by atoms with van der Waals surface area (Å²) in [4.78, 5) is 23.9. The number of unbranched alkanes of at least 4 members (excludes halogenated alkanes) is 1. The Morgan fingerprint density at radius 3 is 2.44 bits per heavy atom. The molecule has 0 atom stereocenters. The van der Waals surface area contributed by atoms with Crippen molar-refractivity contribution >= 4 is 11.8 Å². The normalized spacial score (nSPS) is 17.0. The monoisotopic (exact) mass is 262 g/mol. The van der Waals surface area contributed by atoms with Gasteiger partial charge in [-0.1, -0.05) is 13.3 Å². The quantitative estimate of drug-likeness (QED) is 0.761. The van der Waals surface area contributed by atoms with Crippen LogP contribution >= 0.6 is 0 Å². The van der Waals surface area contributed by atoms with Crippen LogP contribution in [0, 0.1) is 5.92 Å². The predicted molar refractivity (Wildman–Crippen MR) is 63.2 cm³/mol. The van der Waals surface area contributed by atoms with E-state index in [1.807, 2.05) is 6.92 Å². The lowest BCUT2D eigenvalue weighted by Gasteiger charge is -2.31. The Hall–Kier alpha value is -1.20. The van der Waals surface area contributed by atoms with Crippen LogP contribution < -0.4 is 5.32 Å². The molecule has 18 heavy (non-hydrogen) atoms. The summed E-state index contributed by atoms with van der Waals surface area (Å²) in [5, 5.41) is 2.83. The second-order valence-electron chi connectivity index (χ2n) is 4.54. The van der Waals surface area contributed by atoms with Gasteiger partial charge in [-0.05, 0) is 19.3 Å². The Balaban J connectivity index is 2.30. The van der Waals surface area contributed by atoms with Crippen LogP contribution in [0.15, 0.2) is 0 Å². The topological polar surface area (TPSA) is 49.4 Å². The number of hydrogen-bond donors (Lipinski definition) is 1. The summed E-state index contributed by atoms with van der Waals surface area (Å²) in [6, 6.07) is 0. The highest BCUT2D eigenvalue weighted by molar-refractivity contribution is 5.81. The van der Waals surface area contributed by atoms with E-state index in [1.54, 1.807) is 0 Å². The molecule has 104 valence electrons. The lowest BCUT2D eigenvalue weighted by molar-refractivity contribution is -0.145. The van der Waals surface area contributed by atoms with Gasteiger partial charge >= 0.3 is 6.43 Å². The van der Waals surface area contributed by atoms with E-state index in [0.717, 1.165) is 17.7 Å². The van der Waals surface area contributed by atoms with E-state index < -0.39 is 12.3 Å². The molecule has 4 nitrogen and oxygen atoms in total. The average Bonchev–Trinajstić information content (AvgIpc) is 2.38. The number of nitrogens with one attached hydrogen (secondary N) is 1. The third-order valence-electron chi connectivity index (χ3n) is 3.19. The number of halogens is 2. The maximum absolute atomic E-state index is 12.2. The highest BCUT2D eigenvalue weighted by atomic mass is 19.3. The lowest BCUT2D eigenvalue weighted by Crippen LogP contribution is -2.45.